The summed E-state index contributed by atoms with van der Waals surface area (Å²) in [4.78, 5) is 11.5. The quantitative estimate of drug-likeness (QED) is 0.0898. The lowest BCUT2D eigenvalue weighted by atomic mass is 10.0. The number of carbonyl (C=O) groups excluding carboxylic acids is 1. The molecule has 1 N–H and O–H groups in total. The van der Waals surface area contributed by atoms with Gasteiger partial charge >= 0.3 is 6.09 Å². The number of unbranched alkanes of at least 4 members (excludes halogenated alkanes) is 14. The second-order valence-electron chi connectivity index (χ2n) is 8.30. The number of halogens is 1. The minimum Gasteiger partial charge on any atom is -0.445 e. The predicted octanol–water partition coefficient (Wildman–Crippen LogP) is 7.94. The van der Waals surface area contributed by atoms with Crippen LogP contribution in [0, 0.1) is 0 Å². The van der Waals surface area contributed by atoms with Gasteiger partial charge in [0.2, 0.25) is 0 Å². The van der Waals surface area contributed by atoms with Gasteiger partial charge < -0.3 is 14.8 Å². The number of rotatable bonds is 23. The molecule has 0 spiro atoms. The van der Waals surface area contributed by atoms with Gasteiger partial charge in [-0.2, -0.15) is 0 Å². The minimum atomic E-state index is -0.377. The van der Waals surface area contributed by atoms with E-state index in [9.17, 15) is 4.79 Å². The molecule has 30 heavy (non-hydrogen) atoms. The van der Waals surface area contributed by atoms with Crippen LogP contribution in [0.2, 0.25) is 0 Å². The van der Waals surface area contributed by atoms with Crippen molar-refractivity contribution in [1.82, 2.24) is 5.32 Å². The monoisotopic (exact) mass is 489 g/mol. The SMILES string of the molecule is C=C(COCCCCCCCCCCCCCCCC)COC(=O)NCCCCBr. The van der Waals surface area contributed by atoms with Crippen LogP contribution in [0.15, 0.2) is 12.2 Å². The zero-order chi connectivity index (χ0) is 22.1. The summed E-state index contributed by atoms with van der Waals surface area (Å²) < 4.78 is 10.8. The Kier molecular flexibility index (Phi) is 24.3. The van der Waals surface area contributed by atoms with Crippen molar-refractivity contribution in [2.45, 2.75) is 110 Å². The van der Waals surface area contributed by atoms with Crippen molar-refractivity contribution in [2.75, 3.05) is 31.7 Å². The van der Waals surface area contributed by atoms with Crippen molar-refractivity contribution in [3.8, 4) is 0 Å². The van der Waals surface area contributed by atoms with E-state index in [1.807, 2.05) is 0 Å². The highest BCUT2D eigenvalue weighted by atomic mass is 79.9. The average Bonchev–Trinajstić information content (AvgIpc) is 2.75. The summed E-state index contributed by atoms with van der Waals surface area (Å²) >= 11 is 3.37. The Hall–Kier alpha value is -0.550. The van der Waals surface area contributed by atoms with E-state index in [4.69, 9.17) is 9.47 Å². The van der Waals surface area contributed by atoms with Crippen molar-refractivity contribution < 1.29 is 14.3 Å². The van der Waals surface area contributed by atoms with Crippen molar-refractivity contribution >= 4 is 22.0 Å². The Balaban J connectivity index is 3.22. The van der Waals surface area contributed by atoms with E-state index < -0.39 is 0 Å². The summed E-state index contributed by atoms with van der Waals surface area (Å²) in [5, 5.41) is 3.69. The summed E-state index contributed by atoms with van der Waals surface area (Å²) in [6.07, 6.45) is 20.7. The second-order valence-corrected chi connectivity index (χ2v) is 9.09. The molecule has 1 amide bonds. The van der Waals surface area contributed by atoms with Gasteiger partial charge in [0.15, 0.2) is 0 Å². The number of ether oxygens (including phenoxy) is 2. The Labute approximate surface area is 195 Å². The molecule has 0 fully saturated rings. The Morgan fingerprint density at radius 2 is 1.30 bits per heavy atom. The van der Waals surface area contributed by atoms with Gasteiger partial charge in [0.05, 0.1) is 6.61 Å². The Morgan fingerprint density at radius 1 is 0.767 bits per heavy atom. The van der Waals surface area contributed by atoms with Gasteiger partial charge in [-0.05, 0) is 24.8 Å². The third kappa shape index (κ3) is 23.7. The summed E-state index contributed by atoms with van der Waals surface area (Å²) in [5.74, 6) is 0. The zero-order valence-corrected chi connectivity index (χ0v) is 21.2. The molecule has 0 rings (SSSR count). The van der Waals surface area contributed by atoms with Crippen molar-refractivity contribution in [2.24, 2.45) is 0 Å². The highest BCUT2D eigenvalue weighted by Crippen LogP contribution is 2.13. The van der Waals surface area contributed by atoms with Crippen molar-refractivity contribution in [3.63, 3.8) is 0 Å². The highest BCUT2D eigenvalue weighted by Gasteiger charge is 2.03. The lowest BCUT2D eigenvalue weighted by molar-refractivity contribution is 0.128. The van der Waals surface area contributed by atoms with Crippen LogP contribution in [0.3, 0.4) is 0 Å². The van der Waals surface area contributed by atoms with E-state index in [1.54, 1.807) is 0 Å². The number of amides is 1. The molecule has 0 saturated carbocycles. The average molecular weight is 491 g/mol. The first-order valence-corrected chi connectivity index (χ1v) is 13.5. The summed E-state index contributed by atoms with van der Waals surface area (Å²) in [5.41, 5.74) is 0.802. The molecule has 0 bridgehead atoms. The van der Waals surface area contributed by atoms with E-state index in [1.165, 1.54) is 83.5 Å². The van der Waals surface area contributed by atoms with Gasteiger partial charge in [-0.15, -0.1) is 0 Å². The highest BCUT2D eigenvalue weighted by molar-refractivity contribution is 9.09. The first kappa shape index (κ1) is 29.5. The zero-order valence-electron chi connectivity index (χ0n) is 19.7. The number of hydrogen-bond donors (Lipinski definition) is 1. The third-order valence-electron chi connectivity index (χ3n) is 5.19. The van der Waals surface area contributed by atoms with E-state index >= 15 is 0 Å². The van der Waals surface area contributed by atoms with Crippen LogP contribution in [0.4, 0.5) is 4.79 Å². The molecule has 0 aliphatic heterocycles. The molecule has 0 saturated heterocycles. The molecule has 5 heteroatoms. The number of hydrogen-bond acceptors (Lipinski definition) is 3. The van der Waals surface area contributed by atoms with E-state index in [0.29, 0.717) is 13.2 Å². The fraction of sp³-hybridized carbons (Fsp3) is 0.880. The largest absolute Gasteiger partial charge is 0.445 e. The maximum atomic E-state index is 11.5. The molecule has 0 unspecified atom stereocenters. The molecule has 0 aliphatic rings. The van der Waals surface area contributed by atoms with Gasteiger partial charge in [0.1, 0.15) is 6.61 Å². The molecule has 0 heterocycles. The van der Waals surface area contributed by atoms with E-state index in [2.05, 4.69) is 34.7 Å². The second kappa shape index (κ2) is 24.7. The smallest absolute Gasteiger partial charge is 0.407 e. The number of nitrogens with one attached hydrogen (secondary N) is 1. The van der Waals surface area contributed by atoms with Crippen LogP contribution in [0.25, 0.3) is 0 Å². The molecular weight excluding hydrogens is 442 g/mol. The number of carbonyl (C=O) groups is 1. The van der Waals surface area contributed by atoms with Gasteiger partial charge in [-0.25, -0.2) is 4.79 Å². The van der Waals surface area contributed by atoms with E-state index in [0.717, 1.165) is 36.8 Å². The van der Waals surface area contributed by atoms with Gasteiger partial charge in [0.25, 0.3) is 0 Å². The molecule has 0 aromatic rings. The molecule has 178 valence electrons. The predicted molar refractivity (Wildman–Crippen MR) is 133 cm³/mol. The fourth-order valence-electron chi connectivity index (χ4n) is 3.29. The first-order chi connectivity index (χ1) is 14.7. The lowest BCUT2D eigenvalue weighted by Gasteiger charge is -2.09. The Bertz CT molecular complexity index is 391. The molecule has 0 atom stereocenters. The van der Waals surface area contributed by atoms with Crippen LogP contribution in [0.5, 0.6) is 0 Å². The first-order valence-electron chi connectivity index (χ1n) is 12.4. The van der Waals surface area contributed by atoms with Gasteiger partial charge in [-0.3, -0.25) is 0 Å². The van der Waals surface area contributed by atoms with Crippen LogP contribution in [-0.4, -0.2) is 37.8 Å². The van der Waals surface area contributed by atoms with Gasteiger partial charge in [0, 0.05) is 18.5 Å². The normalized spacial score (nSPS) is 10.9. The molecular formula is C25H48BrNO3. The minimum absolute atomic E-state index is 0.225. The standard InChI is InChI=1S/C25H48BrNO3/c1-3-4-5-6-7-8-9-10-11-12-13-14-15-18-21-29-22-24(2)23-30-25(28)27-20-17-16-19-26/h2-23H2,1H3,(H,27,28). The van der Waals surface area contributed by atoms with Crippen molar-refractivity contribution in [3.05, 3.63) is 12.2 Å². The van der Waals surface area contributed by atoms with Crippen LogP contribution >= 0.6 is 15.9 Å². The molecule has 0 aromatic heterocycles. The summed E-state index contributed by atoms with van der Waals surface area (Å²) in [6.45, 7) is 8.28. The molecule has 0 aliphatic carbocycles. The van der Waals surface area contributed by atoms with Gasteiger partial charge in [-0.1, -0.05) is 113 Å². The molecule has 4 nitrogen and oxygen atoms in total. The maximum Gasteiger partial charge on any atom is 0.407 e. The fourth-order valence-corrected chi connectivity index (χ4v) is 3.68. The summed E-state index contributed by atoms with van der Waals surface area (Å²) in [7, 11) is 0. The Morgan fingerprint density at radius 3 is 1.83 bits per heavy atom. The van der Waals surface area contributed by atoms with Crippen molar-refractivity contribution in [1.29, 1.82) is 0 Å². The summed E-state index contributed by atoms with van der Waals surface area (Å²) in [6, 6.07) is 0. The van der Waals surface area contributed by atoms with E-state index in [-0.39, 0.29) is 12.7 Å². The topological polar surface area (TPSA) is 47.6 Å². The molecule has 0 aromatic carbocycles. The lowest BCUT2D eigenvalue weighted by Crippen LogP contribution is -2.26. The van der Waals surface area contributed by atoms with Crippen LogP contribution in [0.1, 0.15) is 110 Å². The van der Waals surface area contributed by atoms with Crippen LogP contribution in [-0.2, 0) is 9.47 Å². The number of alkyl halides is 1. The van der Waals surface area contributed by atoms with Crippen LogP contribution < -0.4 is 5.32 Å². The number of alkyl carbamates (subject to hydrolysis) is 1. The molecule has 0 radical (unpaired) electrons. The third-order valence-corrected chi connectivity index (χ3v) is 5.75. The maximum absolute atomic E-state index is 11.5.